The maximum absolute atomic E-state index is 13.6. The summed E-state index contributed by atoms with van der Waals surface area (Å²) < 4.78 is 29.2. The Morgan fingerprint density at radius 1 is 1.40 bits per heavy atom. The van der Waals surface area contributed by atoms with Gasteiger partial charge in [-0.1, -0.05) is 15.9 Å². The van der Waals surface area contributed by atoms with Gasteiger partial charge in [0.15, 0.2) is 5.82 Å². The molecule has 0 fully saturated rings. The van der Waals surface area contributed by atoms with Gasteiger partial charge in [-0.15, -0.1) is 10.2 Å². The third-order valence-electron chi connectivity index (χ3n) is 2.68. The predicted molar refractivity (Wildman–Crippen MR) is 70.9 cm³/mol. The maximum Gasteiger partial charge on any atom is 0.257 e. The molecule has 5 nitrogen and oxygen atoms in total. The number of amides is 1. The first-order valence-corrected chi connectivity index (χ1v) is 6.61. The van der Waals surface area contributed by atoms with E-state index in [1.165, 1.54) is 6.33 Å². The van der Waals surface area contributed by atoms with Crippen LogP contribution in [0.15, 0.2) is 22.9 Å². The predicted octanol–water partition coefficient (Wildman–Crippen LogP) is 2.27. The number of nitrogens with one attached hydrogen (secondary N) is 1. The molecule has 2 aromatic rings. The number of aryl methyl sites for hydroxylation is 1. The molecule has 0 saturated heterocycles. The average Bonchev–Trinajstić information content (AvgIpc) is 2.82. The molecular formula is C12H11BrF2N4O. The van der Waals surface area contributed by atoms with Crippen LogP contribution in [0.1, 0.15) is 23.1 Å². The van der Waals surface area contributed by atoms with Gasteiger partial charge < -0.3 is 9.88 Å². The number of nitrogens with zero attached hydrogens (tertiary/aromatic N) is 3. The Kier molecular flexibility index (Phi) is 4.43. The average molecular weight is 345 g/mol. The summed E-state index contributed by atoms with van der Waals surface area (Å²) in [5, 5.41) is 9.93. The van der Waals surface area contributed by atoms with Gasteiger partial charge in [0, 0.05) is 11.0 Å². The van der Waals surface area contributed by atoms with E-state index in [0.29, 0.717) is 12.4 Å². The molecule has 8 heteroatoms. The third kappa shape index (κ3) is 3.01. The summed E-state index contributed by atoms with van der Waals surface area (Å²) in [5.74, 6) is -2.17. The lowest BCUT2D eigenvalue weighted by Crippen LogP contribution is -2.26. The molecule has 0 unspecified atom stereocenters. The molecule has 0 aliphatic rings. The molecule has 1 aromatic carbocycles. The smallest absolute Gasteiger partial charge is 0.257 e. The molecule has 0 aliphatic heterocycles. The summed E-state index contributed by atoms with van der Waals surface area (Å²) >= 11 is 2.95. The summed E-state index contributed by atoms with van der Waals surface area (Å²) in [4.78, 5) is 11.8. The van der Waals surface area contributed by atoms with Crippen molar-refractivity contribution in [1.82, 2.24) is 20.1 Å². The topological polar surface area (TPSA) is 59.8 Å². The monoisotopic (exact) mass is 344 g/mol. The number of hydrogen-bond donors (Lipinski definition) is 1. The normalized spacial score (nSPS) is 10.6. The molecule has 1 aromatic heterocycles. The zero-order valence-corrected chi connectivity index (χ0v) is 12.1. The number of halogens is 3. The van der Waals surface area contributed by atoms with Gasteiger partial charge in [-0.05, 0) is 19.1 Å². The van der Waals surface area contributed by atoms with Crippen LogP contribution in [0.3, 0.4) is 0 Å². The van der Waals surface area contributed by atoms with Crippen LogP contribution in [0.2, 0.25) is 0 Å². The first-order valence-electron chi connectivity index (χ1n) is 5.82. The fourth-order valence-electron chi connectivity index (χ4n) is 1.69. The van der Waals surface area contributed by atoms with E-state index in [4.69, 9.17) is 0 Å². The molecule has 106 valence electrons. The first-order chi connectivity index (χ1) is 9.52. The Hall–Kier alpha value is -1.83. The number of aromatic nitrogens is 3. The Balaban J connectivity index is 2.13. The lowest BCUT2D eigenvalue weighted by Gasteiger charge is -2.08. The fraction of sp³-hybridized carbons (Fsp3) is 0.250. The fourth-order valence-corrected chi connectivity index (χ4v) is 2.09. The second kappa shape index (κ2) is 6.08. The van der Waals surface area contributed by atoms with E-state index in [9.17, 15) is 13.6 Å². The minimum Gasteiger partial charge on any atom is -0.345 e. The molecule has 0 atom stereocenters. The van der Waals surface area contributed by atoms with Crippen LogP contribution in [0.4, 0.5) is 8.78 Å². The van der Waals surface area contributed by atoms with Crippen molar-refractivity contribution in [3.05, 3.63) is 46.0 Å². The lowest BCUT2D eigenvalue weighted by molar-refractivity contribution is 0.0941. The highest BCUT2D eigenvalue weighted by Gasteiger charge is 2.18. The van der Waals surface area contributed by atoms with E-state index in [1.807, 2.05) is 6.92 Å². The molecule has 20 heavy (non-hydrogen) atoms. The van der Waals surface area contributed by atoms with Crippen molar-refractivity contribution in [3.8, 4) is 0 Å². The van der Waals surface area contributed by atoms with Crippen LogP contribution in [-0.2, 0) is 13.1 Å². The molecule has 0 saturated carbocycles. The minimum absolute atomic E-state index is 0.0433. The van der Waals surface area contributed by atoms with Crippen molar-refractivity contribution in [2.75, 3.05) is 0 Å². The highest BCUT2D eigenvalue weighted by Crippen LogP contribution is 2.19. The number of rotatable bonds is 4. The Morgan fingerprint density at radius 2 is 2.05 bits per heavy atom. The van der Waals surface area contributed by atoms with Gasteiger partial charge in [0.25, 0.3) is 5.91 Å². The van der Waals surface area contributed by atoms with Crippen molar-refractivity contribution in [1.29, 1.82) is 0 Å². The van der Waals surface area contributed by atoms with Crippen LogP contribution >= 0.6 is 15.9 Å². The van der Waals surface area contributed by atoms with Crippen LogP contribution in [0, 0.1) is 11.6 Å². The van der Waals surface area contributed by atoms with Crippen molar-refractivity contribution < 1.29 is 13.6 Å². The Morgan fingerprint density at radius 3 is 2.65 bits per heavy atom. The summed E-state index contributed by atoms with van der Waals surface area (Å²) in [5.41, 5.74) is -0.615. The van der Waals surface area contributed by atoms with Crippen LogP contribution in [-0.4, -0.2) is 20.7 Å². The summed E-state index contributed by atoms with van der Waals surface area (Å²) in [6.45, 7) is 2.57. The second-order valence-corrected chi connectivity index (χ2v) is 4.88. The summed E-state index contributed by atoms with van der Waals surface area (Å²) in [7, 11) is 0. The lowest BCUT2D eigenvalue weighted by atomic mass is 10.2. The van der Waals surface area contributed by atoms with E-state index in [-0.39, 0.29) is 11.0 Å². The van der Waals surface area contributed by atoms with E-state index in [2.05, 4.69) is 31.4 Å². The van der Waals surface area contributed by atoms with Gasteiger partial charge >= 0.3 is 0 Å². The van der Waals surface area contributed by atoms with E-state index in [0.717, 1.165) is 12.1 Å². The zero-order valence-electron chi connectivity index (χ0n) is 10.5. The van der Waals surface area contributed by atoms with E-state index < -0.39 is 23.1 Å². The molecule has 0 aliphatic carbocycles. The molecule has 0 bridgehead atoms. The number of benzene rings is 1. The van der Waals surface area contributed by atoms with Crippen molar-refractivity contribution >= 4 is 21.8 Å². The summed E-state index contributed by atoms with van der Waals surface area (Å²) in [6, 6.07) is 2.07. The van der Waals surface area contributed by atoms with Crippen LogP contribution in [0.25, 0.3) is 0 Å². The number of carbonyl (C=O) groups excluding carboxylic acids is 1. The van der Waals surface area contributed by atoms with Gasteiger partial charge in [-0.2, -0.15) is 0 Å². The molecule has 2 rings (SSSR count). The van der Waals surface area contributed by atoms with Crippen molar-refractivity contribution in [2.24, 2.45) is 0 Å². The van der Waals surface area contributed by atoms with Gasteiger partial charge in [0.2, 0.25) is 0 Å². The Bertz CT molecular complexity index is 621. The molecular weight excluding hydrogens is 334 g/mol. The molecule has 1 N–H and O–H groups in total. The molecule has 0 radical (unpaired) electrons. The third-order valence-corrected chi connectivity index (χ3v) is 3.14. The summed E-state index contributed by atoms with van der Waals surface area (Å²) in [6.07, 6.45) is 1.52. The molecule has 1 amide bonds. The number of carbonyl (C=O) groups is 1. The Labute approximate surface area is 122 Å². The van der Waals surface area contributed by atoms with Crippen molar-refractivity contribution in [2.45, 2.75) is 20.0 Å². The number of hydrogen-bond acceptors (Lipinski definition) is 3. The minimum atomic E-state index is -0.925. The van der Waals surface area contributed by atoms with E-state index in [1.54, 1.807) is 4.57 Å². The van der Waals surface area contributed by atoms with E-state index >= 15 is 0 Å². The van der Waals surface area contributed by atoms with Gasteiger partial charge in [0.1, 0.15) is 23.5 Å². The highest BCUT2D eigenvalue weighted by molar-refractivity contribution is 9.10. The molecule has 1 heterocycles. The quantitative estimate of drug-likeness (QED) is 0.925. The van der Waals surface area contributed by atoms with Crippen molar-refractivity contribution in [3.63, 3.8) is 0 Å². The van der Waals surface area contributed by atoms with Gasteiger partial charge in [-0.3, -0.25) is 4.79 Å². The van der Waals surface area contributed by atoms with Gasteiger partial charge in [0.05, 0.1) is 6.54 Å². The maximum atomic E-state index is 13.6. The standard InChI is InChI=1S/C12H11BrF2N4O/c1-2-19-6-17-18-10(19)5-16-12(20)11-8(14)3-7(13)4-9(11)15/h3-4,6H,2,5H2,1H3,(H,16,20). The first kappa shape index (κ1) is 14.6. The SMILES string of the molecule is CCn1cnnc1CNC(=O)c1c(F)cc(Br)cc1F. The second-order valence-electron chi connectivity index (χ2n) is 3.96. The highest BCUT2D eigenvalue weighted by atomic mass is 79.9. The van der Waals surface area contributed by atoms with Crippen LogP contribution < -0.4 is 5.32 Å². The molecule has 0 spiro atoms. The zero-order chi connectivity index (χ0) is 14.7. The van der Waals surface area contributed by atoms with Gasteiger partial charge in [-0.25, -0.2) is 8.78 Å². The largest absolute Gasteiger partial charge is 0.345 e. The van der Waals surface area contributed by atoms with Crippen LogP contribution in [0.5, 0.6) is 0 Å².